The van der Waals surface area contributed by atoms with E-state index in [-0.39, 0.29) is 18.8 Å². The molecule has 0 aliphatic rings. The van der Waals surface area contributed by atoms with Gasteiger partial charge in [-0.05, 0) is 0 Å². The Bertz CT molecular complexity index is 362. The van der Waals surface area contributed by atoms with E-state index in [9.17, 15) is 8.42 Å². The summed E-state index contributed by atoms with van der Waals surface area (Å²) in [5.74, 6) is -0.277. The number of pyridine rings is 1. The van der Waals surface area contributed by atoms with E-state index in [1.165, 1.54) is 4.73 Å². The van der Waals surface area contributed by atoms with Crippen molar-refractivity contribution >= 4 is 10.1 Å². The van der Waals surface area contributed by atoms with Crippen LogP contribution in [0.5, 0.6) is 0 Å². The average molecular weight is 218 g/mol. The molecule has 0 aliphatic carbocycles. The summed E-state index contributed by atoms with van der Waals surface area (Å²) in [5, 5.41) is 0. The van der Waals surface area contributed by atoms with Crippen LogP contribution in [0.3, 0.4) is 0 Å². The Morgan fingerprint density at radius 1 is 1.21 bits per heavy atom. The van der Waals surface area contributed by atoms with E-state index in [4.69, 9.17) is 9.39 Å². The Morgan fingerprint density at radius 3 is 2.43 bits per heavy atom. The van der Waals surface area contributed by atoms with Crippen molar-refractivity contribution < 1.29 is 22.5 Å². The maximum Gasteiger partial charge on any atom is 0.264 e. The fraction of sp³-hybridized carbons (Fsp3) is 0.375. The third-order valence-electron chi connectivity index (χ3n) is 1.48. The SMILES string of the molecule is O=S(=O)(O)CCCO[n+]1ccccc1. The Labute approximate surface area is 82.7 Å². The first-order valence-corrected chi connectivity index (χ1v) is 5.73. The number of rotatable bonds is 5. The molecule has 0 unspecified atom stereocenters. The van der Waals surface area contributed by atoms with Gasteiger partial charge in [0, 0.05) is 23.3 Å². The predicted octanol–water partition coefficient (Wildman–Crippen LogP) is -0.319. The second kappa shape index (κ2) is 4.92. The van der Waals surface area contributed by atoms with Gasteiger partial charge in [-0.25, -0.2) is 0 Å². The summed E-state index contributed by atoms with van der Waals surface area (Å²) in [6.07, 6.45) is 3.67. The molecule has 0 fully saturated rings. The fourth-order valence-electron chi connectivity index (χ4n) is 0.880. The molecule has 1 aromatic heterocycles. The lowest BCUT2D eigenvalue weighted by atomic mass is 10.5. The molecule has 1 rings (SSSR count). The van der Waals surface area contributed by atoms with Crippen LogP contribution in [0.2, 0.25) is 0 Å². The maximum absolute atomic E-state index is 10.3. The molecule has 78 valence electrons. The first kappa shape index (κ1) is 10.9. The van der Waals surface area contributed by atoms with Crippen LogP contribution in [-0.4, -0.2) is 25.3 Å². The van der Waals surface area contributed by atoms with Crippen LogP contribution < -0.4 is 9.57 Å². The van der Waals surface area contributed by atoms with Crippen molar-refractivity contribution in [3.63, 3.8) is 0 Å². The van der Waals surface area contributed by atoms with Crippen molar-refractivity contribution in [3.05, 3.63) is 30.6 Å². The maximum atomic E-state index is 10.3. The molecule has 0 aromatic carbocycles. The van der Waals surface area contributed by atoms with Gasteiger partial charge in [0.25, 0.3) is 10.1 Å². The molecule has 0 saturated carbocycles. The molecular weight excluding hydrogens is 206 g/mol. The van der Waals surface area contributed by atoms with Gasteiger partial charge in [-0.3, -0.25) is 9.39 Å². The summed E-state index contributed by atoms with van der Waals surface area (Å²) in [7, 11) is -3.87. The normalized spacial score (nSPS) is 11.2. The molecule has 0 atom stereocenters. The van der Waals surface area contributed by atoms with Gasteiger partial charge in [-0.1, -0.05) is 6.07 Å². The number of nitrogens with zero attached hydrogens (tertiary/aromatic N) is 1. The molecule has 0 saturated heterocycles. The molecule has 0 radical (unpaired) electrons. The molecule has 5 nitrogen and oxygen atoms in total. The van der Waals surface area contributed by atoms with Crippen molar-refractivity contribution in [2.24, 2.45) is 0 Å². The highest BCUT2D eigenvalue weighted by Crippen LogP contribution is 1.86. The van der Waals surface area contributed by atoms with Gasteiger partial charge in [0.15, 0.2) is 6.61 Å². The zero-order valence-electron chi connectivity index (χ0n) is 7.54. The van der Waals surface area contributed by atoms with Crippen molar-refractivity contribution in [2.75, 3.05) is 12.4 Å². The second-order valence-corrected chi connectivity index (χ2v) is 4.28. The van der Waals surface area contributed by atoms with Crippen molar-refractivity contribution in [1.82, 2.24) is 0 Å². The van der Waals surface area contributed by atoms with Crippen molar-refractivity contribution in [3.8, 4) is 0 Å². The summed E-state index contributed by atoms with van der Waals surface area (Å²) < 4.78 is 30.6. The van der Waals surface area contributed by atoms with E-state index in [1.54, 1.807) is 24.5 Å². The molecule has 14 heavy (non-hydrogen) atoms. The minimum Gasteiger partial charge on any atom is -0.286 e. The van der Waals surface area contributed by atoms with Gasteiger partial charge in [-0.15, -0.1) is 0 Å². The highest BCUT2D eigenvalue weighted by atomic mass is 32.2. The number of hydrogen-bond donors (Lipinski definition) is 1. The molecule has 0 bridgehead atoms. The first-order chi connectivity index (χ1) is 6.58. The first-order valence-electron chi connectivity index (χ1n) is 4.13. The van der Waals surface area contributed by atoms with E-state index in [0.717, 1.165) is 0 Å². The lowest BCUT2D eigenvalue weighted by Gasteiger charge is -1.96. The van der Waals surface area contributed by atoms with Crippen LogP contribution in [0.15, 0.2) is 30.6 Å². The summed E-state index contributed by atoms with van der Waals surface area (Å²) in [5.41, 5.74) is 0. The van der Waals surface area contributed by atoms with Crippen LogP contribution in [0.1, 0.15) is 6.42 Å². The van der Waals surface area contributed by atoms with Gasteiger partial charge >= 0.3 is 0 Å². The molecular formula is C8H12NO4S+. The van der Waals surface area contributed by atoms with Crippen LogP contribution in [0.4, 0.5) is 0 Å². The minimum absolute atomic E-state index is 0.245. The van der Waals surface area contributed by atoms with E-state index in [2.05, 4.69) is 0 Å². The zero-order valence-corrected chi connectivity index (χ0v) is 8.35. The number of aromatic nitrogens is 1. The minimum atomic E-state index is -3.87. The smallest absolute Gasteiger partial charge is 0.264 e. The third kappa shape index (κ3) is 4.78. The summed E-state index contributed by atoms with van der Waals surface area (Å²) in [6, 6.07) is 5.43. The molecule has 1 aromatic rings. The molecule has 6 heteroatoms. The summed E-state index contributed by atoms with van der Waals surface area (Å²) in [6.45, 7) is 0.245. The summed E-state index contributed by atoms with van der Waals surface area (Å²) >= 11 is 0. The lowest BCUT2D eigenvalue weighted by Crippen LogP contribution is -2.42. The largest absolute Gasteiger partial charge is 0.286 e. The van der Waals surface area contributed by atoms with E-state index in [0.29, 0.717) is 0 Å². The topological polar surface area (TPSA) is 67.5 Å². The predicted molar refractivity (Wildman–Crippen MR) is 49.1 cm³/mol. The lowest BCUT2D eigenvalue weighted by molar-refractivity contribution is -0.891. The van der Waals surface area contributed by atoms with E-state index in [1.807, 2.05) is 6.07 Å². The molecule has 0 amide bonds. The molecule has 0 aliphatic heterocycles. The van der Waals surface area contributed by atoms with Gasteiger partial charge in [0.2, 0.25) is 12.4 Å². The van der Waals surface area contributed by atoms with Crippen LogP contribution >= 0.6 is 0 Å². The Kier molecular flexibility index (Phi) is 3.84. The monoisotopic (exact) mass is 218 g/mol. The summed E-state index contributed by atoms with van der Waals surface area (Å²) in [4.78, 5) is 5.14. The Balaban J connectivity index is 2.23. The molecule has 1 N–H and O–H groups in total. The fourth-order valence-corrected chi connectivity index (χ4v) is 1.36. The van der Waals surface area contributed by atoms with Gasteiger partial charge in [0.1, 0.15) is 0 Å². The van der Waals surface area contributed by atoms with Gasteiger partial charge < -0.3 is 0 Å². The van der Waals surface area contributed by atoms with Crippen LogP contribution in [0, 0.1) is 0 Å². The van der Waals surface area contributed by atoms with Crippen molar-refractivity contribution in [1.29, 1.82) is 0 Å². The van der Waals surface area contributed by atoms with Crippen LogP contribution in [0.25, 0.3) is 0 Å². The van der Waals surface area contributed by atoms with Gasteiger partial charge in [-0.2, -0.15) is 8.42 Å². The Morgan fingerprint density at radius 2 is 1.86 bits per heavy atom. The molecule has 1 heterocycles. The average Bonchev–Trinajstić information content (AvgIpc) is 2.13. The molecule has 0 spiro atoms. The number of hydrogen-bond acceptors (Lipinski definition) is 3. The van der Waals surface area contributed by atoms with Crippen molar-refractivity contribution in [2.45, 2.75) is 6.42 Å². The van der Waals surface area contributed by atoms with E-state index >= 15 is 0 Å². The van der Waals surface area contributed by atoms with E-state index < -0.39 is 10.1 Å². The Hall–Kier alpha value is -1.14. The van der Waals surface area contributed by atoms with Crippen LogP contribution in [-0.2, 0) is 10.1 Å². The third-order valence-corrected chi connectivity index (χ3v) is 2.28. The zero-order chi connectivity index (χ0) is 10.4. The second-order valence-electron chi connectivity index (χ2n) is 2.71. The standard InChI is InChI=1S/C8H11NO4S/c10-14(11,12)8-4-7-13-9-5-2-1-3-6-9/h1-3,5-6H,4,7-8H2/p+1. The van der Waals surface area contributed by atoms with Gasteiger partial charge in [0.05, 0.1) is 5.75 Å². The quantitative estimate of drug-likeness (QED) is 0.418. The highest BCUT2D eigenvalue weighted by Gasteiger charge is 2.05. The highest BCUT2D eigenvalue weighted by molar-refractivity contribution is 7.85.